The van der Waals surface area contributed by atoms with Gasteiger partial charge in [-0.3, -0.25) is 0 Å². The molecule has 0 fully saturated rings. The Labute approximate surface area is 711 Å². The number of nitrogens with zero attached hydrogens (tertiary/aromatic N) is 4. The summed E-state index contributed by atoms with van der Waals surface area (Å²) in [6.45, 7) is 46.9. The molecule has 0 unspecified atom stereocenters. The zero-order valence-corrected chi connectivity index (χ0v) is 74.0. The molecule has 0 N–H and O–H groups in total. The lowest BCUT2D eigenvalue weighted by Gasteiger charge is -2.32. The van der Waals surface area contributed by atoms with E-state index in [1.807, 2.05) is 0 Å². The molecule has 120 heavy (non-hydrogen) atoms. The average Bonchev–Trinajstić information content (AvgIpc) is 1.31. The second kappa shape index (κ2) is 28.8. The fourth-order valence-electron chi connectivity index (χ4n) is 19.2. The smallest absolute Gasteiger partial charge is 0.0562 e. The van der Waals surface area contributed by atoms with Crippen LogP contribution >= 0.6 is 0 Å². The minimum absolute atomic E-state index is 0.0776. The van der Waals surface area contributed by atoms with E-state index in [1.165, 1.54) is 99.1 Å². The summed E-state index contributed by atoms with van der Waals surface area (Å²) >= 11 is 0. The molecule has 2 heterocycles. The summed E-state index contributed by atoms with van der Waals surface area (Å²) in [5, 5.41) is 11.8. The van der Waals surface area contributed by atoms with Gasteiger partial charge in [0.25, 0.3) is 0 Å². The molecular formula is C116H114N4. The maximum Gasteiger partial charge on any atom is 0.0562 e. The number of aromatic nitrogens is 2. The van der Waals surface area contributed by atoms with E-state index < -0.39 is 0 Å². The molecule has 4 heteroatoms. The van der Waals surface area contributed by atoms with Crippen LogP contribution in [0.4, 0.5) is 34.1 Å². The van der Waals surface area contributed by atoms with Gasteiger partial charge in [0.05, 0.1) is 44.8 Å². The summed E-state index contributed by atoms with van der Waals surface area (Å²) in [4.78, 5) is 5.14. The number of hydrogen-bond donors (Lipinski definition) is 0. The third kappa shape index (κ3) is 13.5. The number of fused-ring (bicyclic) bond motifs is 6. The molecule has 16 aromatic carbocycles. The van der Waals surface area contributed by atoms with E-state index >= 15 is 0 Å². The van der Waals surface area contributed by atoms with E-state index in [1.54, 1.807) is 0 Å². The van der Waals surface area contributed by atoms with Crippen LogP contribution in [0.1, 0.15) is 205 Å². The molecule has 0 spiro atoms. The summed E-state index contributed by atoms with van der Waals surface area (Å²) < 4.78 is 5.28. The molecule has 0 bridgehead atoms. The topological polar surface area (TPSA) is 16.3 Å². The Morgan fingerprint density at radius 3 is 0.583 bits per heavy atom. The van der Waals surface area contributed by atoms with Crippen LogP contribution in [0.2, 0.25) is 0 Å². The van der Waals surface area contributed by atoms with Gasteiger partial charge in [-0.05, 0) is 198 Å². The van der Waals surface area contributed by atoms with Gasteiger partial charge in [-0.2, -0.15) is 0 Å². The van der Waals surface area contributed by atoms with E-state index in [2.05, 4.69) is 485 Å². The van der Waals surface area contributed by atoms with Crippen molar-refractivity contribution in [1.29, 1.82) is 0 Å². The zero-order chi connectivity index (χ0) is 84.1. The lowest BCUT2D eigenvalue weighted by Crippen LogP contribution is -2.18. The van der Waals surface area contributed by atoms with Gasteiger partial charge in [0.15, 0.2) is 0 Å². The van der Waals surface area contributed by atoms with E-state index in [0.717, 1.165) is 89.1 Å². The first kappa shape index (κ1) is 78.9. The largest absolute Gasteiger partial charge is 0.310 e. The second-order valence-electron chi connectivity index (χ2n) is 40.3. The van der Waals surface area contributed by atoms with Crippen molar-refractivity contribution in [2.24, 2.45) is 0 Å². The molecule has 4 nitrogen and oxygen atoms in total. The summed E-state index contributed by atoms with van der Waals surface area (Å²) in [6.07, 6.45) is 0. The van der Waals surface area contributed by atoms with Crippen LogP contribution < -0.4 is 9.80 Å². The molecule has 0 atom stereocenters. The van der Waals surface area contributed by atoms with Crippen molar-refractivity contribution >= 4 is 110 Å². The second-order valence-corrected chi connectivity index (χ2v) is 40.3. The van der Waals surface area contributed by atoms with Crippen LogP contribution in [0, 0.1) is 0 Å². The quantitative estimate of drug-likeness (QED) is 0.0897. The fraction of sp³-hybridized carbons (Fsp3) is 0.241. The Bertz CT molecular complexity index is 6150. The van der Waals surface area contributed by atoms with Gasteiger partial charge in [0, 0.05) is 98.3 Å². The highest BCUT2D eigenvalue weighted by Gasteiger charge is 2.35. The monoisotopic (exact) mass is 1560 g/mol. The third-order valence-electron chi connectivity index (χ3n) is 27.1. The minimum atomic E-state index is -0.318. The normalized spacial score (nSPS) is 13.0. The Hall–Kier alpha value is -12.2. The minimum Gasteiger partial charge on any atom is -0.310 e. The highest BCUT2D eigenvalue weighted by molar-refractivity contribution is 6.32. The zero-order valence-electron chi connectivity index (χ0n) is 74.0. The van der Waals surface area contributed by atoms with E-state index in [-0.39, 0.29) is 43.3 Å². The number of rotatable bonds is 16. The van der Waals surface area contributed by atoms with E-state index in [9.17, 15) is 0 Å². The van der Waals surface area contributed by atoms with Gasteiger partial charge >= 0.3 is 0 Å². The van der Waals surface area contributed by atoms with Crippen molar-refractivity contribution in [1.82, 2.24) is 9.13 Å². The molecule has 0 aliphatic carbocycles. The van der Waals surface area contributed by atoms with Crippen molar-refractivity contribution in [3.63, 3.8) is 0 Å². The Morgan fingerprint density at radius 1 is 0.175 bits per heavy atom. The number of hydrogen-bond acceptors (Lipinski definition) is 2. The summed E-state index contributed by atoms with van der Waals surface area (Å²) in [5.74, 6) is 0. The molecule has 0 saturated heterocycles. The van der Waals surface area contributed by atoms with Gasteiger partial charge in [-0.25, -0.2) is 0 Å². The lowest BCUT2D eigenvalue weighted by atomic mass is 9.77. The van der Waals surface area contributed by atoms with Crippen LogP contribution in [0.3, 0.4) is 0 Å². The van der Waals surface area contributed by atoms with Gasteiger partial charge in [-0.15, -0.1) is 0 Å². The highest BCUT2D eigenvalue weighted by Crippen LogP contribution is 2.55. The average molecular weight is 1560 g/mol. The van der Waals surface area contributed by atoms with Crippen molar-refractivity contribution in [2.45, 2.75) is 182 Å². The van der Waals surface area contributed by atoms with Crippen molar-refractivity contribution in [3.8, 4) is 11.4 Å². The molecule has 0 aliphatic heterocycles. The first-order chi connectivity index (χ1) is 57.1. The molecule has 0 saturated carbocycles. The summed E-state index contributed by atoms with van der Waals surface area (Å²) in [5.41, 5.74) is 26.9. The van der Waals surface area contributed by atoms with Crippen LogP contribution in [0.15, 0.2) is 328 Å². The molecule has 0 radical (unpaired) electrons. The summed E-state index contributed by atoms with van der Waals surface area (Å²) in [7, 11) is 0. The van der Waals surface area contributed by atoms with Crippen molar-refractivity contribution < 1.29 is 0 Å². The van der Waals surface area contributed by atoms with Gasteiger partial charge < -0.3 is 18.9 Å². The van der Waals surface area contributed by atoms with Crippen molar-refractivity contribution in [2.75, 3.05) is 9.80 Å². The molecular weight excluding hydrogens is 1450 g/mol. The predicted molar refractivity (Wildman–Crippen MR) is 517 cm³/mol. The van der Waals surface area contributed by atoms with Gasteiger partial charge in [0.2, 0.25) is 0 Å². The maximum absolute atomic E-state index is 2.64. The Balaban J connectivity index is 1.03. The van der Waals surface area contributed by atoms with E-state index in [4.69, 9.17) is 0 Å². The van der Waals surface area contributed by atoms with Crippen molar-refractivity contribution in [3.05, 3.63) is 394 Å². The standard InChI is InChI=1S/C116H114N4/c1-109(2,3)75-41-53-87(54-42-75)117(88-55-43-76(44-56-88)110(4,5)6)103-73-105(119-99-65-49-83(113(13,14)79-33-25-21-26-34-79)69-95(99)96-70-84(50-66-100(96)119)114(15,16)80-35-27-22-28-36-80)93-63-64-94-106(74-104(92-62-61-91(103)107(93)108(92)94)118(89-57-45-77(46-58-89)111(7,8)9)90-59-47-78(48-60-90)112(10,11)12)120-101-67-51-85(115(17,18)81-37-29-23-30-38-81)71-97(101)98-72-86(52-68-102(98)120)116(19,20)82-39-31-24-32-40-82/h21-74H,1-20H3. The molecule has 598 valence electrons. The van der Waals surface area contributed by atoms with Gasteiger partial charge in [-0.1, -0.05) is 357 Å². The number of benzene rings is 16. The molecule has 2 aromatic heterocycles. The SMILES string of the molecule is CC(C)(C)c1ccc(N(c2ccc(C(C)(C)C)cc2)c2cc(-n3c4ccc(C(C)(C)c5ccccc5)cc4c4cc(C(C)(C)c5ccccc5)ccc43)c3ccc4c(-n5c6ccc(C(C)(C)c7ccccc7)cc6c6cc(C(C)(C)c7ccccc7)ccc65)cc(N(c5ccc(C(C)(C)C)cc5)c5ccc(C(C)(C)C)cc5)c5ccc2c3c54)cc1. The first-order valence-electron chi connectivity index (χ1n) is 43.3. The molecule has 0 amide bonds. The molecule has 0 aliphatic rings. The van der Waals surface area contributed by atoms with E-state index in [0.29, 0.717) is 0 Å². The number of anilines is 6. The molecule has 18 aromatic rings. The predicted octanol–water partition coefficient (Wildman–Crippen LogP) is 32.2. The fourth-order valence-corrected chi connectivity index (χ4v) is 19.2. The summed E-state index contributed by atoms with van der Waals surface area (Å²) in [6, 6.07) is 127. The first-order valence-corrected chi connectivity index (χ1v) is 43.3. The van der Waals surface area contributed by atoms with Gasteiger partial charge in [0.1, 0.15) is 0 Å². The molecule has 18 rings (SSSR count). The Morgan fingerprint density at radius 2 is 0.375 bits per heavy atom. The maximum atomic E-state index is 2.64. The van der Waals surface area contributed by atoms with Crippen LogP contribution in [0.25, 0.3) is 87.3 Å². The lowest BCUT2D eigenvalue weighted by molar-refractivity contribution is 0.590. The Kier molecular flexibility index (Phi) is 18.9. The van der Waals surface area contributed by atoms with Crippen LogP contribution in [-0.2, 0) is 43.3 Å². The van der Waals surface area contributed by atoms with Crippen LogP contribution in [0.5, 0.6) is 0 Å². The van der Waals surface area contributed by atoms with Crippen LogP contribution in [-0.4, -0.2) is 9.13 Å². The highest BCUT2D eigenvalue weighted by atomic mass is 15.2. The third-order valence-corrected chi connectivity index (χ3v) is 27.1.